The van der Waals surface area contributed by atoms with E-state index >= 15 is 0 Å². The Hall–Kier alpha value is -1.77. The molecule has 19 heavy (non-hydrogen) atoms. The molecule has 3 nitrogen and oxygen atoms in total. The van der Waals surface area contributed by atoms with Gasteiger partial charge in [-0.3, -0.25) is 0 Å². The Bertz CT molecular complexity index is 551. The van der Waals surface area contributed by atoms with E-state index in [1.165, 1.54) is 37.7 Å². The molecule has 0 spiro atoms. The molecule has 0 bridgehead atoms. The molecule has 0 saturated heterocycles. The first kappa shape index (κ1) is 12.3. The zero-order valence-corrected chi connectivity index (χ0v) is 11.4. The average Bonchev–Trinajstić information content (AvgIpc) is 2.79. The summed E-state index contributed by atoms with van der Waals surface area (Å²) in [4.78, 5) is 4.23. The van der Waals surface area contributed by atoms with Gasteiger partial charge in [0.1, 0.15) is 11.5 Å². The van der Waals surface area contributed by atoms with Crippen molar-refractivity contribution in [2.24, 2.45) is 0 Å². The van der Waals surface area contributed by atoms with Gasteiger partial charge in [0.15, 0.2) is 0 Å². The van der Waals surface area contributed by atoms with Crippen LogP contribution in [0.2, 0.25) is 0 Å². The zero-order chi connectivity index (χ0) is 13.2. The Morgan fingerprint density at radius 2 is 1.79 bits per heavy atom. The summed E-state index contributed by atoms with van der Waals surface area (Å²) in [5.74, 6) is 1.52. The minimum atomic E-state index is 0.240. The molecular weight excluding hydrogens is 236 g/mol. The van der Waals surface area contributed by atoms with Crippen molar-refractivity contribution in [2.75, 3.05) is 5.73 Å². The van der Waals surface area contributed by atoms with Crippen LogP contribution >= 0.6 is 0 Å². The van der Waals surface area contributed by atoms with E-state index in [-0.39, 0.29) is 6.01 Å². The molecule has 1 fully saturated rings. The van der Waals surface area contributed by atoms with Crippen molar-refractivity contribution in [3.63, 3.8) is 0 Å². The van der Waals surface area contributed by atoms with Gasteiger partial charge in [-0.1, -0.05) is 43.5 Å². The third kappa shape index (κ3) is 2.50. The van der Waals surface area contributed by atoms with E-state index < -0.39 is 0 Å². The maximum absolute atomic E-state index is 5.59. The lowest BCUT2D eigenvalue weighted by Crippen LogP contribution is -2.04. The molecule has 1 aromatic heterocycles. The third-order valence-corrected chi connectivity index (χ3v) is 4.07. The molecule has 1 saturated carbocycles. The van der Waals surface area contributed by atoms with E-state index in [1.54, 1.807) is 0 Å². The van der Waals surface area contributed by atoms with Gasteiger partial charge in [0.2, 0.25) is 0 Å². The highest BCUT2D eigenvalue weighted by molar-refractivity contribution is 5.62. The van der Waals surface area contributed by atoms with Crippen LogP contribution in [0.4, 0.5) is 6.01 Å². The summed E-state index contributed by atoms with van der Waals surface area (Å²) >= 11 is 0. The first-order chi connectivity index (χ1) is 9.24. The Morgan fingerprint density at radius 3 is 2.37 bits per heavy atom. The number of aryl methyl sites for hydroxylation is 1. The monoisotopic (exact) mass is 256 g/mol. The molecule has 3 rings (SSSR count). The van der Waals surface area contributed by atoms with E-state index in [2.05, 4.69) is 29.2 Å². The maximum Gasteiger partial charge on any atom is 0.292 e. The number of hydrogen-bond donors (Lipinski definition) is 1. The Labute approximate surface area is 113 Å². The number of aromatic nitrogens is 1. The fourth-order valence-corrected chi connectivity index (χ4v) is 3.03. The van der Waals surface area contributed by atoms with E-state index in [4.69, 9.17) is 10.2 Å². The lowest BCUT2D eigenvalue weighted by molar-refractivity contribution is 0.443. The van der Waals surface area contributed by atoms with E-state index in [9.17, 15) is 0 Å². The third-order valence-electron chi connectivity index (χ3n) is 4.07. The minimum absolute atomic E-state index is 0.240. The SMILES string of the molecule is Cc1oc(N)nc1-c1ccc(C2CCCCC2)cc1. The summed E-state index contributed by atoms with van der Waals surface area (Å²) in [6.07, 6.45) is 6.78. The predicted molar refractivity (Wildman–Crippen MR) is 76.9 cm³/mol. The molecule has 2 aromatic rings. The van der Waals surface area contributed by atoms with Crippen molar-refractivity contribution < 1.29 is 4.42 Å². The summed E-state index contributed by atoms with van der Waals surface area (Å²) in [5.41, 5.74) is 8.98. The van der Waals surface area contributed by atoms with Crippen LogP contribution in [0, 0.1) is 6.92 Å². The number of nitrogen functional groups attached to an aromatic ring is 1. The molecule has 2 N–H and O–H groups in total. The Kier molecular flexibility index (Phi) is 3.28. The van der Waals surface area contributed by atoms with Crippen LogP contribution in [0.1, 0.15) is 49.3 Å². The van der Waals surface area contributed by atoms with Crippen LogP contribution in [0.3, 0.4) is 0 Å². The fourth-order valence-electron chi connectivity index (χ4n) is 3.03. The number of rotatable bonds is 2. The molecule has 0 amide bonds. The molecule has 0 unspecified atom stereocenters. The summed E-state index contributed by atoms with van der Waals surface area (Å²) in [6, 6.07) is 8.97. The van der Waals surface area contributed by atoms with Crippen LogP contribution in [-0.4, -0.2) is 4.98 Å². The number of benzene rings is 1. The molecule has 100 valence electrons. The van der Waals surface area contributed by atoms with E-state index in [0.29, 0.717) is 0 Å². The van der Waals surface area contributed by atoms with Crippen LogP contribution in [0.5, 0.6) is 0 Å². The highest BCUT2D eigenvalue weighted by Crippen LogP contribution is 2.34. The lowest BCUT2D eigenvalue weighted by atomic mass is 9.84. The van der Waals surface area contributed by atoms with Gasteiger partial charge in [0.05, 0.1) is 0 Å². The fraction of sp³-hybridized carbons (Fsp3) is 0.438. The lowest BCUT2D eigenvalue weighted by Gasteiger charge is -2.22. The van der Waals surface area contributed by atoms with Crippen molar-refractivity contribution >= 4 is 6.01 Å². The highest BCUT2D eigenvalue weighted by Gasteiger charge is 2.16. The quantitative estimate of drug-likeness (QED) is 0.872. The van der Waals surface area contributed by atoms with Crippen molar-refractivity contribution in [1.29, 1.82) is 0 Å². The second kappa shape index (κ2) is 5.08. The minimum Gasteiger partial charge on any atom is -0.429 e. The highest BCUT2D eigenvalue weighted by atomic mass is 16.4. The van der Waals surface area contributed by atoms with Crippen molar-refractivity contribution in [3.8, 4) is 11.3 Å². The van der Waals surface area contributed by atoms with Gasteiger partial charge in [-0.2, -0.15) is 4.98 Å². The smallest absolute Gasteiger partial charge is 0.292 e. The largest absolute Gasteiger partial charge is 0.429 e. The first-order valence-electron chi connectivity index (χ1n) is 7.07. The second-order valence-electron chi connectivity index (χ2n) is 5.41. The molecule has 3 heteroatoms. The van der Waals surface area contributed by atoms with Crippen molar-refractivity contribution in [2.45, 2.75) is 44.9 Å². The molecule has 1 aromatic carbocycles. The molecule has 0 aliphatic heterocycles. The number of nitrogens with zero attached hydrogens (tertiary/aromatic N) is 1. The number of hydrogen-bond acceptors (Lipinski definition) is 3. The number of anilines is 1. The van der Waals surface area contributed by atoms with E-state index in [0.717, 1.165) is 22.9 Å². The first-order valence-corrected chi connectivity index (χ1v) is 7.07. The maximum atomic E-state index is 5.59. The molecular formula is C16H20N2O. The van der Waals surface area contributed by atoms with Gasteiger partial charge in [-0.05, 0) is 31.2 Å². The molecule has 0 atom stereocenters. The van der Waals surface area contributed by atoms with Gasteiger partial charge in [-0.15, -0.1) is 0 Å². The number of oxazole rings is 1. The van der Waals surface area contributed by atoms with Gasteiger partial charge in [0, 0.05) is 5.56 Å². The predicted octanol–water partition coefficient (Wildman–Crippen LogP) is 4.28. The Morgan fingerprint density at radius 1 is 1.11 bits per heavy atom. The van der Waals surface area contributed by atoms with Crippen LogP contribution in [-0.2, 0) is 0 Å². The summed E-state index contributed by atoms with van der Waals surface area (Å²) in [7, 11) is 0. The average molecular weight is 256 g/mol. The van der Waals surface area contributed by atoms with Gasteiger partial charge >= 0.3 is 0 Å². The van der Waals surface area contributed by atoms with Crippen LogP contribution in [0.15, 0.2) is 28.7 Å². The van der Waals surface area contributed by atoms with Gasteiger partial charge < -0.3 is 10.2 Å². The number of nitrogens with two attached hydrogens (primary N) is 1. The van der Waals surface area contributed by atoms with Gasteiger partial charge in [-0.25, -0.2) is 0 Å². The molecule has 0 radical (unpaired) electrons. The molecule has 1 aliphatic rings. The summed E-state index contributed by atoms with van der Waals surface area (Å²) < 4.78 is 5.28. The van der Waals surface area contributed by atoms with Crippen molar-refractivity contribution in [3.05, 3.63) is 35.6 Å². The van der Waals surface area contributed by atoms with Crippen LogP contribution < -0.4 is 5.73 Å². The normalized spacial score (nSPS) is 16.7. The van der Waals surface area contributed by atoms with Crippen molar-refractivity contribution in [1.82, 2.24) is 4.98 Å². The second-order valence-corrected chi connectivity index (χ2v) is 5.41. The zero-order valence-electron chi connectivity index (χ0n) is 11.4. The summed E-state index contributed by atoms with van der Waals surface area (Å²) in [6.45, 7) is 1.90. The van der Waals surface area contributed by atoms with E-state index in [1.807, 2.05) is 6.92 Å². The topological polar surface area (TPSA) is 52.0 Å². The van der Waals surface area contributed by atoms with Gasteiger partial charge in [0.25, 0.3) is 6.01 Å². The molecule has 1 heterocycles. The van der Waals surface area contributed by atoms with Crippen LogP contribution in [0.25, 0.3) is 11.3 Å². The Balaban J connectivity index is 1.84. The summed E-state index contributed by atoms with van der Waals surface area (Å²) in [5, 5.41) is 0. The standard InChI is InChI=1S/C16H20N2O/c1-11-15(18-16(17)19-11)14-9-7-13(8-10-14)12-5-3-2-4-6-12/h7-10,12H,2-6H2,1H3,(H2,17,18). The molecule has 1 aliphatic carbocycles.